The number of methoxy groups -OCH3 is 1. The number of benzene rings is 1. The first-order valence-electron chi connectivity index (χ1n) is 6.71. The normalized spacial score (nSPS) is 10.5. The maximum Gasteiger partial charge on any atom is 0.137 e. The van der Waals surface area contributed by atoms with Gasteiger partial charge in [-0.3, -0.25) is 4.79 Å². The van der Waals surface area contributed by atoms with Crippen LogP contribution in [0.15, 0.2) is 22.7 Å². The molecular weight excluding hydrogens is 306 g/mol. The molecule has 1 rings (SSSR count). The zero-order valence-corrected chi connectivity index (χ0v) is 13.0. The third-order valence-electron chi connectivity index (χ3n) is 3.03. The van der Waals surface area contributed by atoms with Gasteiger partial charge >= 0.3 is 0 Å². The second-order valence-corrected chi connectivity index (χ2v) is 5.49. The molecule has 0 aliphatic rings. The van der Waals surface area contributed by atoms with E-state index >= 15 is 0 Å². The zero-order valence-electron chi connectivity index (χ0n) is 11.5. The number of halogens is 1. The molecule has 0 unspecified atom stereocenters. The van der Waals surface area contributed by atoms with E-state index in [0.29, 0.717) is 18.6 Å². The molecular formula is C15H22BrNO2. The maximum atomic E-state index is 11.8. The van der Waals surface area contributed by atoms with Gasteiger partial charge in [-0.15, -0.1) is 0 Å². The number of ketones is 1. The number of carbonyl (C=O) groups excluding carboxylic acids is 1. The van der Waals surface area contributed by atoms with Gasteiger partial charge in [0.2, 0.25) is 0 Å². The van der Waals surface area contributed by atoms with Crippen LogP contribution in [0.5, 0.6) is 5.75 Å². The van der Waals surface area contributed by atoms with Crippen molar-refractivity contribution in [3.63, 3.8) is 0 Å². The molecule has 1 aromatic rings. The lowest BCUT2D eigenvalue weighted by Crippen LogP contribution is -2.03. The van der Waals surface area contributed by atoms with Gasteiger partial charge in [0, 0.05) is 12.8 Å². The summed E-state index contributed by atoms with van der Waals surface area (Å²) in [6, 6.07) is 5.77. The van der Waals surface area contributed by atoms with Crippen molar-refractivity contribution >= 4 is 21.7 Å². The van der Waals surface area contributed by atoms with Gasteiger partial charge in [-0.2, -0.15) is 0 Å². The summed E-state index contributed by atoms with van der Waals surface area (Å²) in [5, 5.41) is 0. The van der Waals surface area contributed by atoms with E-state index in [1.54, 1.807) is 7.11 Å². The van der Waals surface area contributed by atoms with Gasteiger partial charge in [0.1, 0.15) is 11.5 Å². The number of ether oxygens (including phenoxy) is 1. The summed E-state index contributed by atoms with van der Waals surface area (Å²) in [7, 11) is 1.63. The van der Waals surface area contributed by atoms with Crippen LogP contribution in [0.3, 0.4) is 0 Å². The van der Waals surface area contributed by atoms with Crippen molar-refractivity contribution in [2.45, 2.75) is 38.5 Å². The predicted octanol–water partition coefficient (Wildman–Crippen LogP) is 3.48. The van der Waals surface area contributed by atoms with Gasteiger partial charge in [0.15, 0.2) is 0 Å². The highest BCUT2D eigenvalue weighted by atomic mass is 79.9. The Labute approximate surface area is 123 Å². The topological polar surface area (TPSA) is 52.3 Å². The van der Waals surface area contributed by atoms with Gasteiger partial charge in [0.05, 0.1) is 11.6 Å². The smallest absolute Gasteiger partial charge is 0.137 e. The Morgan fingerprint density at radius 1 is 1.26 bits per heavy atom. The van der Waals surface area contributed by atoms with Crippen LogP contribution in [0.1, 0.15) is 37.7 Å². The van der Waals surface area contributed by atoms with Gasteiger partial charge in [-0.05, 0) is 53.0 Å². The molecule has 0 bridgehead atoms. The summed E-state index contributed by atoms with van der Waals surface area (Å²) in [5.41, 5.74) is 6.46. The summed E-state index contributed by atoms with van der Waals surface area (Å²) in [6.07, 6.45) is 5.40. The average Bonchev–Trinajstić information content (AvgIpc) is 2.39. The fourth-order valence-corrected chi connectivity index (χ4v) is 2.54. The molecule has 0 aliphatic carbocycles. The summed E-state index contributed by atoms with van der Waals surface area (Å²) in [6.45, 7) is 0.744. The molecule has 0 atom stereocenters. The van der Waals surface area contributed by atoms with Crippen LogP contribution in [0.2, 0.25) is 0 Å². The number of unbranched alkanes of at least 4 members (excludes halogenated alkanes) is 3. The highest BCUT2D eigenvalue weighted by Gasteiger charge is 2.06. The standard InChI is InChI=1S/C15H22BrNO2/c1-19-15-8-7-12(11-14(15)16)10-13(18)6-4-2-3-5-9-17/h7-8,11H,2-6,9-10,17H2,1H3. The Bertz CT molecular complexity index is 407. The van der Waals surface area contributed by atoms with Gasteiger partial charge in [0.25, 0.3) is 0 Å². The first-order chi connectivity index (χ1) is 9.17. The van der Waals surface area contributed by atoms with Gasteiger partial charge < -0.3 is 10.5 Å². The molecule has 1 aromatic carbocycles. The lowest BCUT2D eigenvalue weighted by Gasteiger charge is -2.06. The number of carbonyl (C=O) groups is 1. The molecule has 106 valence electrons. The van der Waals surface area contributed by atoms with E-state index in [2.05, 4.69) is 15.9 Å². The first-order valence-corrected chi connectivity index (χ1v) is 7.51. The van der Waals surface area contributed by atoms with Crippen LogP contribution in [-0.4, -0.2) is 19.4 Å². The summed E-state index contributed by atoms with van der Waals surface area (Å²) in [4.78, 5) is 11.8. The summed E-state index contributed by atoms with van der Waals surface area (Å²) >= 11 is 3.43. The van der Waals surface area contributed by atoms with E-state index in [0.717, 1.165) is 48.0 Å². The lowest BCUT2D eigenvalue weighted by molar-refractivity contribution is -0.118. The second-order valence-electron chi connectivity index (χ2n) is 4.64. The molecule has 0 radical (unpaired) electrons. The van der Waals surface area contributed by atoms with E-state index in [1.165, 1.54) is 0 Å². The number of rotatable bonds is 9. The summed E-state index contributed by atoms with van der Waals surface area (Å²) in [5.74, 6) is 1.09. The Morgan fingerprint density at radius 3 is 2.63 bits per heavy atom. The largest absolute Gasteiger partial charge is 0.496 e. The molecule has 3 nitrogen and oxygen atoms in total. The van der Waals surface area contributed by atoms with Crippen molar-refractivity contribution in [2.24, 2.45) is 5.73 Å². The van der Waals surface area contributed by atoms with Crippen LogP contribution in [0.25, 0.3) is 0 Å². The molecule has 0 heterocycles. The SMILES string of the molecule is COc1ccc(CC(=O)CCCCCCN)cc1Br. The van der Waals surface area contributed by atoms with Gasteiger partial charge in [-0.1, -0.05) is 18.9 Å². The number of hydrogen-bond donors (Lipinski definition) is 1. The molecule has 0 spiro atoms. The highest BCUT2D eigenvalue weighted by molar-refractivity contribution is 9.10. The molecule has 0 amide bonds. The van der Waals surface area contributed by atoms with Crippen LogP contribution in [0, 0.1) is 0 Å². The number of hydrogen-bond acceptors (Lipinski definition) is 3. The fraction of sp³-hybridized carbons (Fsp3) is 0.533. The summed E-state index contributed by atoms with van der Waals surface area (Å²) < 4.78 is 6.06. The molecule has 19 heavy (non-hydrogen) atoms. The molecule has 0 aromatic heterocycles. The minimum atomic E-state index is 0.296. The Balaban J connectivity index is 2.34. The average molecular weight is 328 g/mol. The van der Waals surface area contributed by atoms with Crippen LogP contribution >= 0.6 is 15.9 Å². The number of nitrogens with two attached hydrogens (primary N) is 1. The van der Waals surface area contributed by atoms with Crippen LogP contribution in [-0.2, 0) is 11.2 Å². The highest BCUT2D eigenvalue weighted by Crippen LogP contribution is 2.25. The Hall–Kier alpha value is -0.870. The molecule has 0 saturated heterocycles. The Morgan fingerprint density at radius 2 is 2.00 bits per heavy atom. The van der Waals surface area contributed by atoms with E-state index in [4.69, 9.17) is 10.5 Å². The minimum Gasteiger partial charge on any atom is -0.496 e. The van der Waals surface area contributed by atoms with Crippen LogP contribution < -0.4 is 10.5 Å². The zero-order chi connectivity index (χ0) is 14.1. The fourth-order valence-electron chi connectivity index (χ4n) is 1.96. The maximum absolute atomic E-state index is 11.8. The Kier molecular flexibility index (Phi) is 7.75. The van der Waals surface area contributed by atoms with Crippen molar-refractivity contribution in [1.29, 1.82) is 0 Å². The van der Waals surface area contributed by atoms with E-state index in [-0.39, 0.29) is 0 Å². The van der Waals surface area contributed by atoms with Crippen molar-refractivity contribution in [3.05, 3.63) is 28.2 Å². The lowest BCUT2D eigenvalue weighted by atomic mass is 10.0. The number of Topliss-reactive ketones (excluding diaryl/α,β-unsaturated/α-hetero) is 1. The van der Waals surface area contributed by atoms with Crippen molar-refractivity contribution in [2.75, 3.05) is 13.7 Å². The minimum absolute atomic E-state index is 0.296. The monoisotopic (exact) mass is 327 g/mol. The third kappa shape index (κ3) is 6.21. The van der Waals surface area contributed by atoms with Crippen molar-refractivity contribution in [3.8, 4) is 5.75 Å². The van der Waals surface area contributed by atoms with Crippen molar-refractivity contribution in [1.82, 2.24) is 0 Å². The molecule has 4 heteroatoms. The predicted molar refractivity (Wildman–Crippen MR) is 81.5 cm³/mol. The third-order valence-corrected chi connectivity index (χ3v) is 3.65. The van der Waals surface area contributed by atoms with Crippen LogP contribution in [0.4, 0.5) is 0 Å². The molecule has 0 aliphatic heterocycles. The van der Waals surface area contributed by atoms with E-state index in [9.17, 15) is 4.79 Å². The quantitative estimate of drug-likeness (QED) is 0.706. The van der Waals surface area contributed by atoms with E-state index < -0.39 is 0 Å². The molecule has 0 saturated carbocycles. The molecule has 2 N–H and O–H groups in total. The van der Waals surface area contributed by atoms with Gasteiger partial charge in [-0.25, -0.2) is 0 Å². The van der Waals surface area contributed by atoms with Crippen molar-refractivity contribution < 1.29 is 9.53 Å². The first kappa shape index (κ1) is 16.2. The van der Waals surface area contributed by atoms with E-state index in [1.807, 2.05) is 18.2 Å². The second kappa shape index (κ2) is 9.10. The molecule has 0 fully saturated rings.